The van der Waals surface area contributed by atoms with Gasteiger partial charge in [0.25, 0.3) is 5.91 Å². The largest absolute Gasteiger partial charge is 0.347 e. The van der Waals surface area contributed by atoms with Gasteiger partial charge >= 0.3 is 0 Å². The van der Waals surface area contributed by atoms with Crippen LogP contribution < -0.4 is 5.32 Å². The third-order valence-electron chi connectivity index (χ3n) is 3.87. The number of nitrogens with one attached hydrogen (secondary N) is 3. The summed E-state index contributed by atoms with van der Waals surface area (Å²) in [6, 6.07) is 5.86. The zero-order valence-corrected chi connectivity index (χ0v) is 15.4. The molecule has 3 aromatic heterocycles. The summed E-state index contributed by atoms with van der Waals surface area (Å²) < 4.78 is 0. The van der Waals surface area contributed by atoms with Crippen molar-refractivity contribution in [2.75, 3.05) is 0 Å². The first-order chi connectivity index (χ1) is 11.9. The number of amides is 1. The van der Waals surface area contributed by atoms with E-state index in [0.29, 0.717) is 22.4 Å². The van der Waals surface area contributed by atoms with Crippen molar-refractivity contribution in [2.45, 2.75) is 26.3 Å². The first-order valence-electron chi connectivity index (χ1n) is 8.01. The quantitative estimate of drug-likeness (QED) is 0.503. The highest BCUT2D eigenvalue weighted by Crippen LogP contribution is 2.27. The number of benzene rings is 1. The number of fused-ring (bicyclic) bond motifs is 2. The monoisotopic (exact) mass is 370 g/mol. The molecule has 0 spiro atoms. The average molecular weight is 371 g/mol. The molecular formula is C18H19ClN6O. The van der Waals surface area contributed by atoms with Crippen LogP contribution in [0.25, 0.3) is 33.3 Å². The Morgan fingerprint density at radius 3 is 2.77 bits per heavy atom. The molecule has 134 valence electrons. The lowest BCUT2D eigenvalue weighted by molar-refractivity contribution is 0.0921. The van der Waals surface area contributed by atoms with Gasteiger partial charge in [-0.1, -0.05) is 12.1 Å². The molecule has 4 rings (SSSR count). The van der Waals surface area contributed by atoms with Gasteiger partial charge in [-0.2, -0.15) is 5.10 Å². The second-order valence-corrected chi connectivity index (χ2v) is 7.00. The molecule has 1 amide bonds. The lowest BCUT2D eigenvalue weighted by Gasteiger charge is -2.20. The van der Waals surface area contributed by atoms with Gasteiger partial charge in [-0.05, 0) is 26.8 Å². The van der Waals surface area contributed by atoms with E-state index in [1.165, 1.54) is 0 Å². The van der Waals surface area contributed by atoms with Gasteiger partial charge in [0, 0.05) is 22.7 Å². The van der Waals surface area contributed by atoms with Crippen molar-refractivity contribution in [3.63, 3.8) is 0 Å². The Labute approximate surface area is 156 Å². The molecule has 4 aromatic rings. The molecule has 0 atom stereocenters. The molecule has 0 unspecified atom stereocenters. The fourth-order valence-electron chi connectivity index (χ4n) is 2.79. The zero-order valence-electron chi connectivity index (χ0n) is 14.6. The zero-order chi connectivity index (χ0) is 17.6. The lowest BCUT2D eigenvalue weighted by Crippen LogP contribution is -2.40. The van der Waals surface area contributed by atoms with Gasteiger partial charge in [-0.3, -0.25) is 9.89 Å². The summed E-state index contributed by atoms with van der Waals surface area (Å²) >= 11 is 0. The van der Waals surface area contributed by atoms with E-state index in [1.807, 2.05) is 39.0 Å². The van der Waals surface area contributed by atoms with Gasteiger partial charge in [0.15, 0.2) is 5.65 Å². The molecule has 8 heteroatoms. The molecule has 0 saturated carbocycles. The Morgan fingerprint density at radius 1 is 1.19 bits per heavy atom. The van der Waals surface area contributed by atoms with E-state index in [9.17, 15) is 4.79 Å². The Bertz CT molecular complexity index is 1090. The van der Waals surface area contributed by atoms with E-state index in [2.05, 4.69) is 30.5 Å². The molecule has 3 N–H and O–H groups in total. The van der Waals surface area contributed by atoms with Crippen LogP contribution in [0.15, 0.2) is 36.8 Å². The summed E-state index contributed by atoms with van der Waals surface area (Å²) in [5.41, 5.74) is 3.85. The third-order valence-corrected chi connectivity index (χ3v) is 3.87. The van der Waals surface area contributed by atoms with E-state index in [-0.39, 0.29) is 23.9 Å². The summed E-state index contributed by atoms with van der Waals surface area (Å²) in [4.78, 5) is 24.7. The van der Waals surface area contributed by atoms with Crippen LogP contribution in [0.4, 0.5) is 0 Å². The molecule has 0 fully saturated rings. The number of H-pyrrole nitrogens is 2. The number of rotatable bonds is 2. The van der Waals surface area contributed by atoms with Crippen LogP contribution in [0, 0.1) is 0 Å². The fraction of sp³-hybridized carbons (Fsp3) is 0.222. The van der Waals surface area contributed by atoms with Gasteiger partial charge in [-0.25, -0.2) is 9.97 Å². The normalized spacial score (nSPS) is 11.5. The molecule has 0 saturated heterocycles. The molecule has 0 aliphatic rings. The Hall–Kier alpha value is -2.93. The van der Waals surface area contributed by atoms with E-state index < -0.39 is 0 Å². The highest BCUT2D eigenvalue weighted by molar-refractivity contribution is 6.05. The molecule has 0 aliphatic carbocycles. The van der Waals surface area contributed by atoms with Gasteiger partial charge in [0.05, 0.1) is 29.2 Å². The van der Waals surface area contributed by atoms with Crippen molar-refractivity contribution in [1.29, 1.82) is 0 Å². The van der Waals surface area contributed by atoms with Gasteiger partial charge in [-0.15, -0.1) is 12.4 Å². The lowest BCUT2D eigenvalue weighted by atomic mass is 10.1. The predicted octanol–water partition coefficient (Wildman–Crippen LogP) is 3.45. The minimum absolute atomic E-state index is 0. The Morgan fingerprint density at radius 2 is 2.00 bits per heavy atom. The summed E-state index contributed by atoms with van der Waals surface area (Å²) in [7, 11) is 0. The standard InChI is InChI=1S/C18H18N6O.ClH/c1-18(2,3)23-17(25)12-7-19-16-15(12)22-14(9-20-16)10-5-4-6-13-11(10)8-21-24-13;/h4-9H,1-3H3,(H,19,20)(H,21,24)(H,23,25);1H. The number of nitrogens with zero attached hydrogens (tertiary/aromatic N) is 3. The van der Waals surface area contributed by atoms with Crippen LogP contribution in [-0.2, 0) is 0 Å². The van der Waals surface area contributed by atoms with Crippen LogP contribution >= 0.6 is 12.4 Å². The maximum atomic E-state index is 12.5. The van der Waals surface area contributed by atoms with Crippen molar-refractivity contribution in [1.82, 2.24) is 30.5 Å². The number of halogens is 1. The summed E-state index contributed by atoms with van der Waals surface area (Å²) in [5.74, 6) is -0.174. The fourth-order valence-corrected chi connectivity index (χ4v) is 2.79. The molecule has 0 radical (unpaired) electrons. The second-order valence-electron chi connectivity index (χ2n) is 7.00. The van der Waals surface area contributed by atoms with Gasteiger partial charge < -0.3 is 10.3 Å². The SMILES string of the molecule is CC(C)(C)NC(=O)c1c[nH]c2ncc(-c3cccc4[nH]ncc34)nc12.Cl. The number of carbonyl (C=O) groups is 1. The van der Waals surface area contributed by atoms with E-state index in [0.717, 1.165) is 16.5 Å². The van der Waals surface area contributed by atoms with Crippen LogP contribution in [0.5, 0.6) is 0 Å². The first kappa shape index (κ1) is 17.9. The molecule has 0 bridgehead atoms. The topological polar surface area (TPSA) is 99.3 Å². The second kappa shape index (κ2) is 6.42. The number of hydrogen-bond acceptors (Lipinski definition) is 4. The molecule has 7 nitrogen and oxygen atoms in total. The number of aromatic nitrogens is 5. The third kappa shape index (κ3) is 3.13. The number of carbonyl (C=O) groups excluding carboxylic acids is 1. The van der Waals surface area contributed by atoms with Crippen molar-refractivity contribution >= 4 is 40.4 Å². The molecular weight excluding hydrogens is 352 g/mol. The van der Waals surface area contributed by atoms with Crippen LogP contribution in [0.3, 0.4) is 0 Å². The van der Waals surface area contributed by atoms with Crippen LogP contribution in [-0.4, -0.2) is 36.6 Å². The Balaban J connectivity index is 0.00000196. The minimum atomic E-state index is -0.325. The highest BCUT2D eigenvalue weighted by atomic mass is 35.5. The van der Waals surface area contributed by atoms with Crippen molar-refractivity contribution in [3.8, 4) is 11.3 Å². The molecule has 3 heterocycles. The average Bonchev–Trinajstić information content (AvgIpc) is 3.18. The molecule has 0 aliphatic heterocycles. The summed E-state index contributed by atoms with van der Waals surface area (Å²) in [5, 5.41) is 11.0. The highest BCUT2D eigenvalue weighted by Gasteiger charge is 2.20. The van der Waals surface area contributed by atoms with Gasteiger partial charge in [0.1, 0.15) is 5.52 Å². The van der Waals surface area contributed by atoms with E-state index in [4.69, 9.17) is 0 Å². The number of hydrogen-bond donors (Lipinski definition) is 3. The van der Waals surface area contributed by atoms with Gasteiger partial charge in [0.2, 0.25) is 0 Å². The predicted molar refractivity (Wildman–Crippen MR) is 103 cm³/mol. The minimum Gasteiger partial charge on any atom is -0.347 e. The summed E-state index contributed by atoms with van der Waals surface area (Å²) in [6.07, 6.45) is 5.11. The van der Waals surface area contributed by atoms with E-state index >= 15 is 0 Å². The van der Waals surface area contributed by atoms with E-state index in [1.54, 1.807) is 18.6 Å². The molecule has 26 heavy (non-hydrogen) atoms. The molecule has 1 aromatic carbocycles. The van der Waals surface area contributed by atoms with Crippen LogP contribution in [0.1, 0.15) is 31.1 Å². The smallest absolute Gasteiger partial charge is 0.255 e. The maximum Gasteiger partial charge on any atom is 0.255 e. The Kier molecular flexibility index (Phi) is 4.41. The summed E-state index contributed by atoms with van der Waals surface area (Å²) in [6.45, 7) is 5.82. The van der Waals surface area contributed by atoms with Crippen LogP contribution in [0.2, 0.25) is 0 Å². The van der Waals surface area contributed by atoms with Crippen molar-refractivity contribution in [3.05, 3.63) is 42.4 Å². The van der Waals surface area contributed by atoms with Crippen molar-refractivity contribution in [2.24, 2.45) is 0 Å². The maximum absolute atomic E-state index is 12.5. The first-order valence-corrected chi connectivity index (χ1v) is 8.01. The van der Waals surface area contributed by atoms with Crippen molar-refractivity contribution < 1.29 is 4.79 Å². The number of aromatic amines is 2.